The predicted octanol–water partition coefficient (Wildman–Crippen LogP) is 4.48. The van der Waals surface area contributed by atoms with Crippen LogP contribution in [0.5, 0.6) is 0 Å². The number of para-hydroxylation sites is 1. The van der Waals surface area contributed by atoms with Crippen LogP contribution in [0.2, 0.25) is 5.28 Å². The molecule has 7 heteroatoms. The molecule has 1 aliphatic heterocycles. The molecule has 0 saturated carbocycles. The van der Waals surface area contributed by atoms with Gasteiger partial charge in [0.05, 0.1) is 5.52 Å². The fourth-order valence-corrected chi connectivity index (χ4v) is 3.28. The molecule has 0 bridgehead atoms. The van der Waals surface area contributed by atoms with Crippen molar-refractivity contribution in [3.8, 4) is 0 Å². The Hall–Kier alpha value is -2.08. The minimum atomic E-state index is -0.475. The Morgan fingerprint density at radius 3 is 2.77 bits per heavy atom. The van der Waals surface area contributed by atoms with E-state index in [1.807, 2.05) is 45.0 Å². The highest BCUT2D eigenvalue weighted by Crippen LogP contribution is 2.25. The van der Waals surface area contributed by atoms with Gasteiger partial charge in [0, 0.05) is 24.5 Å². The van der Waals surface area contributed by atoms with Gasteiger partial charge in [-0.05, 0) is 63.8 Å². The first-order valence-electron chi connectivity index (χ1n) is 8.98. The van der Waals surface area contributed by atoms with Gasteiger partial charge in [0.15, 0.2) is 0 Å². The van der Waals surface area contributed by atoms with Crippen LogP contribution in [0.3, 0.4) is 0 Å². The number of carbonyl (C=O) groups excluding carboxylic acids is 1. The van der Waals surface area contributed by atoms with Gasteiger partial charge in [-0.1, -0.05) is 12.1 Å². The second kappa shape index (κ2) is 7.66. The van der Waals surface area contributed by atoms with E-state index in [0.717, 1.165) is 36.0 Å². The number of likely N-dealkylation sites (tertiary alicyclic amines) is 1. The summed E-state index contributed by atoms with van der Waals surface area (Å²) < 4.78 is 5.49. The Morgan fingerprint density at radius 1 is 1.23 bits per heavy atom. The van der Waals surface area contributed by atoms with E-state index in [4.69, 9.17) is 16.3 Å². The Labute approximate surface area is 158 Å². The lowest BCUT2D eigenvalue weighted by Crippen LogP contribution is -2.37. The van der Waals surface area contributed by atoms with Gasteiger partial charge in [0.25, 0.3) is 0 Å². The normalized spacial score (nSPS) is 18.5. The molecule has 3 rings (SSSR count). The molecular weight excluding hydrogens is 352 g/mol. The molecule has 1 aliphatic rings. The number of benzene rings is 1. The Balaban J connectivity index is 1.68. The molecule has 1 unspecified atom stereocenters. The third kappa shape index (κ3) is 4.75. The summed E-state index contributed by atoms with van der Waals surface area (Å²) in [7, 11) is 0. The molecule has 2 aromatic rings. The molecule has 2 heterocycles. The van der Waals surface area contributed by atoms with E-state index < -0.39 is 5.60 Å². The third-order valence-corrected chi connectivity index (χ3v) is 4.47. The SMILES string of the molecule is CC(C)(C)OC(=O)N1CCCC(Nc2nc(Cl)nc3ccccc23)CC1. The molecule has 26 heavy (non-hydrogen) atoms. The van der Waals surface area contributed by atoms with Crippen LogP contribution in [0.15, 0.2) is 24.3 Å². The molecule has 1 N–H and O–H groups in total. The standard InChI is InChI=1S/C19H25ClN4O2/c1-19(2,3)26-18(25)24-11-6-7-13(10-12-24)21-16-14-8-4-5-9-15(14)22-17(20)23-16/h4-5,8-9,13H,6-7,10-12H2,1-3H3,(H,21,22,23). The van der Waals surface area contributed by atoms with Crippen molar-refractivity contribution < 1.29 is 9.53 Å². The number of halogens is 1. The monoisotopic (exact) mass is 376 g/mol. The minimum absolute atomic E-state index is 0.219. The fourth-order valence-electron chi connectivity index (χ4n) is 3.10. The van der Waals surface area contributed by atoms with Crippen molar-refractivity contribution in [3.63, 3.8) is 0 Å². The van der Waals surface area contributed by atoms with Crippen LogP contribution < -0.4 is 5.32 Å². The largest absolute Gasteiger partial charge is 0.444 e. The van der Waals surface area contributed by atoms with Crippen LogP contribution in [0.4, 0.5) is 10.6 Å². The number of fused-ring (bicyclic) bond motifs is 1. The van der Waals surface area contributed by atoms with Crippen LogP contribution in [0, 0.1) is 0 Å². The highest BCUT2D eigenvalue weighted by molar-refractivity contribution is 6.28. The number of aromatic nitrogens is 2. The van der Waals surface area contributed by atoms with Crippen LogP contribution in [-0.4, -0.2) is 45.7 Å². The highest BCUT2D eigenvalue weighted by atomic mass is 35.5. The molecule has 1 fully saturated rings. The van der Waals surface area contributed by atoms with Gasteiger partial charge in [-0.25, -0.2) is 14.8 Å². The molecule has 0 aliphatic carbocycles. The summed E-state index contributed by atoms with van der Waals surface area (Å²) in [6, 6.07) is 8.02. The average molecular weight is 377 g/mol. The Morgan fingerprint density at radius 2 is 2.00 bits per heavy atom. The van der Waals surface area contributed by atoms with Crippen molar-refractivity contribution in [2.45, 2.75) is 51.7 Å². The molecule has 1 atom stereocenters. The number of ether oxygens (including phenoxy) is 1. The third-order valence-electron chi connectivity index (χ3n) is 4.30. The Bertz CT molecular complexity index is 791. The van der Waals surface area contributed by atoms with E-state index in [2.05, 4.69) is 15.3 Å². The zero-order chi connectivity index (χ0) is 18.7. The molecule has 0 spiro atoms. The van der Waals surface area contributed by atoms with Crippen molar-refractivity contribution >= 4 is 34.4 Å². The molecule has 6 nitrogen and oxygen atoms in total. The maximum absolute atomic E-state index is 12.3. The van der Waals surface area contributed by atoms with Crippen molar-refractivity contribution in [1.82, 2.24) is 14.9 Å². The second-order valence-corrected chi connectivity index (χ2v) is 7.94. The van der Waals surface area contributed by atoms with E-state index in [1.165, 1.54) is 0 Å². The summed E-state index contributed by atoms with van der Waals surface area (Å²) in [5.74, 6) is 0.747. The topological polar surface area (TPSA) is 67.3 Å². The van der Waals surface area contributed by atoms with Gasteiger partial charge < -0.3 is 15.0 Å². The van der Waals surface area contributed by atoms with Gasteiger partial charge in [-0.2, -0.15) is 0 Å². The molecular formula is C19H25ClN4O2. The first-order chi connectivity index (χ1) is 12.3. The number of carbonyl (C=O) groups is 1. The van der Waals surface area contributed by atoms with Gasteiger partial charge in [0.2, 0.25) is 5.28 Å². The van der Waals surface area contributed by atoms with Gasteiger partial charge in [0.1, 0.15) is 11.4 Å². The van der Waals surface area contributed by atoms with Crippen LogP contribution in [0.1, 0.15) is 40.0 Å². The number of nitrogens with zero attached hydrogens (tertiary/aromatic N) is 3. The average Bonchev–Trinajstić information content (AvgIpc) is 2.79. The lowest BCUT2D eigenvalue weighted by Gasteiger charge is -2.26. The van der Waals surface area contributed by atoms with Gasteiger partial charge in [-0.3, -0.25) is 0 Å². The molecule has 1 saturated heterocycles. The highest BCUT2D eigenvalue weighted by Gasteiger charge is 2.25. The second-order valence-electron chi connectivity index (χ2n) is 7.60. The van der Waals surface area contributed by atoms with Crippen LogP contribution in [-0.2, 0) is 4.74 Å². The first-order valence-corrected chi connectivity index (χ1v) is 9.36. The number of anilines is 1. The minimum Gasteiger partial charge on any atom is -0.444 e. The molecule has 1 aromatic carbocycles. The van der Waals surface area contributed by atoms with Gasteiger partial charge in [-0.15, -0.1) is 0 Å². The number of amides is 1. The number of nitrogens with one attached hydrogen (secondary N) is 1. The maximum atomic E-state index is 12.3. The molecule has 0 radical (unpaired) electrons. The van der Waals surface area contributed by atoms with E-state index in [9.17, 15) is 4.79 Å². The lowest BCUT2D eigenvalue weighted by atomic mass is 10.1. The van der Waals surface area contributed by atoms with Crippen LogP contribution in [0.25, 0.3) is 10.9 Å². The van der Waals surface area contributed by atoms with Crippen molar-refractivity contribution in [2.24, 2.45) is 0 Å². The van der Waals surface area contributed by atoms with E-state index >= 15 is 0 Å². The summed E-state index contributed by atoms with van der Waals surface area (Å²) in [6.07, 6.45) is 2.45. The first kappa shape index (κ1) is 18.7. The van der Waals surface area contributed by atoms with E-state index in [0.29, 0.717) is 13.1 Å². The number of hydrogen-bond acceptors (Lipinski definition) is 5. The summed E-state index contributed by atoms with van der Waals surface area (Å²) in [5.41, 5.74) is 0.344. The van der Waals surface area contributed by atoms with Crippen molar-refractivity contribution in [1.29, 1.82) is 0 Å². The molecule has 1 aromatic heterocycles. The molecule has 1 amide bonds. The van der Waals surface area contributed by atoms with Crippen molar-refractivity contribution in [3.05, 3.63) is 29.5 Å². The smallest absolute Gasteiger partial charge is 0.410 e. The van der Waals surface area contributed by atoms with Crippen LogP contribution >= 0.6 is 11.6 Å². The van der Waals surface area contributed by atoms with E-state index in [1.54, 1.807) is 4.90 Å². The van der Waals surface area contributed by atoms with E-state index in [-0.39, 0.29) is 17.4 Å². The lowest BCUT2D eigenvalue weighted by molar-refractivity contribution is 0.0256. The number of rotatable bonds is 2. The Kier molecular flexibility index (Phi) is 5.51. The summed E-state index contributed by atoms with van der Waals surface area (Å²) in [6.45, 7) is 7.02. The summed E-state index contributed by atoms with van der Waals surface area (Å²) >= 11 is 6.07. The fraction of sp³-hybridized carbons (Fsp3) is 0.526. The molecule has 140 valence electrons. The zero-order valence-corrected chi connectivity index (χ0v) is 16.2. The number of hydrogen-bond donors (Lipinski definition) is 1. The summed E-state index contributed by atoms with van der Waals surface area (Å²) in [5, 5.41) is 4.68. The van der Waals surface area contributed by atoms with Gasteiger partial charge >= 0.3 is 6.09 Å². The maximum Gasteiger partial charge on any atom is 0.410 e. The zero-order valence-electron chi connectivity index (χ0n) is 15.5. The quantitative estimate of drug-likeness (QED) is 0.782. The van der Waals surface area contributed by atoms with Crippen molar-refractivity contribution in [2.75, 3.05) is 18.4 Å². The summed E-state index contributed by atoms with van der Waals surface area (Å²) in [4.78, 5) is 22.7. The predicted molar refractivity (Wildman–Crippen MR) is 104 cm³/mol.